The second-order valence-electron chi connectivity index (χ2n) is 5.42. The molecule has 0 radical (unpaired) electrons. The molecule has 2 heterocycles. The summed E-state index contributed by atoms with van der Waals surface area (Å²) in [6, 6.07) is 12.6. The van der Waals surface area contributed by atoms with Crippen molar-refractivity contribution in [2.75, 3.05) is 0 Å². The number of nitriles is 1. The normalized spacial score (nSPS) is 19.9. The molecular weight excluding hydrogens is 340 g/mol. The van der Waals surface area contributed by atoms with Gasteiger partial charge in [0.2, 0.25) is 6.04 Å². The van der Waals surface area contributed by atoms with E-state index in [1.54, 1.807) is 53.4 Å². The first-order valence-corrected chi connectivity index (χ1v) is 7.82. The fourth-order valence-electron chi connectivity index (χ4n) is 2.98. The Morgan fingerprint density at radius 1 is 1.20 bits per heavy atom. The number of hydrogen-bond donors (Lipinski definition) is 2. The van der Waals surface area contributed by atoms with E-state index in [0.717, 1.165) is 0 Å². The van der Waals surface area contributed by atoms with Crippen LogP contribution in [0.15, 0.2) is 65.5 Å². The summed E-state index contributed by atoms with van der Waals surface area (Å²) in [5.41, 5.74) is 0.336. The Kier molecular flexibility index (Phi) is 4.50. The third-order valence-electron chi connectivity index (χ3n) is 4.04. The van der Waals surface area contributed by atoms with E-state index in [1.807, 2.05) is 6.07 Å². The van der Waals surface area contributed by atoms with Gasteiger partial charge in [0.05, 0.1) is 27.5 Å². The summed E-state index contributed by atoms with van der Waals surface area (Å²) in [6.45, 7) is 0. The molecule has 8 heteroatoms. The number of aromatic nitrogens is 1. The zero-order chi connectivity index (χ0) is 18.0. The quantitative estimate of drug-likeness (QED) is 0.381. The minimum Gasteiger partial charge on any atom is -0.314 e. The molecule has 0 saturated carbocycles. The van der Waals surface area contributed by atoms with Crippen molar-refractivity contribution in [1.29, 1.82) is 5.26 Å². The van der Waals surface area contributed by atoms with Crippen LogP contribution < -0.4 is 9.88 Å². The van der Waals surface area contributed by atoms with Crippen molar-refractivity contribution in [3.63, 3.8) is 0 Å². The lowest BCUT2D eigenvalue weighted by Crippen LogP contribution is -2.53. The minimum atomic E-state index is -0.840. The van der Waals surface area contributed by atoms with Crippen LogP contribution in [0.2, 0.25) is 0 Å². The molecule has 124 valence electrons. The van der Waals surface area contributed by atoms with Crippen molar-refractivity contribution in [2.24, 2.45) is 0 Å². The van der Waals surface area contributed by atoms with E-state index in [-0.39, 0.29) is 22.2 Å². The van der Waals surface area contributed by atoms with E-state index in [1.165, 1.54) is 6.07 Å². The van der Waals surface area contributed by atoms with Crippen LogP contribution in [-0.2, 0) is 4.79 Å². The highest BCUT2D eigenvalue weighted by molar-refractivity contribution is 7.84. The number of amides is 1. The molecule has 1 aromatic heterocycles. The fraction of sp³-hybridized carbons (Fsp3) is 0.118. The van der Waals surface area contributed by atoms with Gasteiger partial charge < -0.3 is 5.32 Å². The Morgan fingerprint density at radius 3 is 2.52 bits per heavy atom. The fourth-order valence-corrected chi connectivity index (χ4v) is 3.28. The summed E-state index contributed by atoms with van der Waals surface area (Å²) in [4.78, 5) is 23.6. The number of allylic oxidation sites excluding steroid dienone is 1. The van der Waals surface area contributed by atoms with Gasteiger partial charge >= 0.3 is 0 Å². The van der Waals surface area contributed by atoms with Crippen molar-refractivity contribution >= 4 is 24.2 Å². The number of benzene rings is 1. The van der Waals surface area contributed by atoms with Gasteiger partial charge in [0.25, 0.3) is 11.6 Å². The van der Waals surface area contributed by atoms with Crippen molar-refractivity contribution < 1.29 is 14.3 Å². The molecule has 0 aliphatic carbocycles. The number of rotatable bonds is 3. The predicted octanol–water partition coefficient (Wildman–Crippen LogP) is 2.00. The summed E-state index contributed by atoms with van der Waals surface area (Å²) in [7, 11) is 0. The highest BCUT2D eigenvalue weighted by atomic mass is 32.1. The Labute approximate surface area is 148 Å². The van der Waals surface area contributed by atoms with Gasteiger partial charge in [-0.1, -0.05) is 24.3 Å². The second-order valence-corrected chi connectivity index (χ2v) is 5.87. The smallest absolute Gasteiger partial charge is 0.294 e. The number of carbonyl (C=O) groups excluding carboxylic acids is 1. The van der Waals surface area contributed by atoms with Gasteiger partial charge in [0, 0.05) is 23.8 Å². The zero-order valence-corrected chi connectivity index (χ0v) is 13.8. The van der Waals surface area contributed by atoms with Crippen molar-refractivity contribution in [2.45, 2.75) is 12.0 Å². The Morgan fingerprint density at radius 2 is 1.88 bits per heavy atom. The topological polar surface area (TPSA) is 99.9 Å². The molecule has 0 saturated heterocycles. The molecule has 1 aromatic carbocycles. The first-order valence-electron chi connectivity index (χ1n) is 7.37. The van der Waals surface area contributed by atoms with E-state index in [4.69, 9.17) is 0 Å². The lowest BCUT2D eigenvalue weighted by atomic mass is 9.82. The third kappa shape index (κ3) is 2.97. The van der Waals surface area contributed by atoms with E-state index in [0.29, 0.717) is 5.56 Å². The van der Waals surface area contributed by atoms with Crippen molar-refractivity contribution in [3.8, 4) is 6.07 Å². The van der Waals surface area contributed by atoms with Gasteiger partial charge in [-0.15, -0.1) is 12.6 Å². The van der Waals surface area contributed by atoms with Gasteiger partial charge in [-0.05, 0) is 0 Å². The molecule has 0 bridgehead atoms. The molecular formula is C17H13N4O3S+. The monoisotopic (exact) mass is 353 g/mol. The first kappa shape index (κ1) is 16.7. The summed E-state index contributed by atoms with van der Waals surface area (Å²) in [6.07, 6.45) is 3.37. The maximum atomic E-state index is 12.6. The largest absolute Gasteiger partial charge is 0.314 e. The highest BCUT2D eigenvalue weighted by Crippen LogP contribution is 2.41. The number of thiol groups is 1. The molecule has 0 fully saturated rings. The number of nitrogens with zero attached hydrogens (tertiary/aromatic N) is 3. The van der Waals surface area contributed by atoms with Gasteiger partial charge in [0.15, 0.2) is 12.4 Å². The van der Waals surface area contributed by atoms with Gasteiger partial charge in [-0.25, -0.2) is 0 Å². The van der Waals surface area contributed by atoms with E-state index in [2.05, 4.69) is 17.9 Å². The average Bonchev–Trinajstić information content (AvgIpc) is 2.61. The van der Waals surface area contributed by atoms with Crippen LogP contribution in [0.1, 0.15) is 17.5 Å². The van der Waals surface area contributed by atoms with Crippen LogP contribution in [0, 0.1) is 21.4 Å². The molecule has 7 nitrogen and oxygen atoms in total. The maximum absolute atomic E-state index is 12.6. The summed E-state index contributed by atoms with van der Waals surface area (Å²) < 4.78 is 1.63. The lowest BCUT2D eigenvalue weighted by Gasteiger charge is -2.27. The third-order valence-corrected chi connectivity index (χ3v) is 4.39. The highest BCUT2D eigenvalue weighted by Gasteiger charge is 2.46. The predicted molar refractivity (Wildman–Crippen MR) is 91.3 cm³/mol. The number of para-hydroxylation sites is 1. The Balaban J connectivity index is 2.27. The summed E-state index contributed by atoms with van der Waals surface area (Å²) in [5, 5.41) is 23.7. The number of carbonyl (C=O) groups is 1. The van der Waals surface area contributed by atoms with Gasteiger partial charge in [-0.3, -0.25) is 14.9 Å². The van der Waals surface area contributed by atoms with Crippen LogP contribution in [0.4, 0.5) is 5.69 Å². The van der Waals surface area contributed by atoms with Crippen LogP contribution in [0.3, 0.4) is 0 Å². The molecule has 2 atom stereocenters. The van der Waals surface area contributed by atoms with E-state index >= 15 is 0 Å². The maximum Gasteiger partial charge on any atom is 0.294 e. The first-order chi connectivity index (χ1) is 12.0. The molecule has 1 amide bonds. The number of nitro groups is 1. The molecule has 1 N–H and O–H groups in total. The Bertz CT molecular complexity index is 921. The number of hydrogen-bond acceptors (Lipinski definition) is 5. The van der Waals surface area contributed by atoms with E-state index < -0.39 is 16.9 Å². The second kappa shape index (κ2) is 6.75. The van der Waals surface area contributed by atoms with E-state index in [9.17, 15) is 20.2 Å². The number of nitro benzene ring substituents is 1. The van der Waals surface area contributed by atoms with Crippen LogP contribution in [0.5, 0.6) is 0 Å². The SMILES string of the molecule is N#CC1=C(S)NC(=O)[C@H]([n+]2ccccc2)[C@H]1c1ccccc1[N+](=O)[O-]. The standard InChI is InChI=1S/C17H12N4O3S/c18-10-12-14(11-6-2-3-7-13(11)21(23)24)15(16(22)19-17(12)25)20-8-4-1-5-9-20/h1-9,14-15H,(H-,19,22,25)/p+1/t14-,15+/m0/s1. The molecule has 1 aliphatic heterocycles. The van der Waals surface area contributed by atoms with Crippen LogP contribution in [-0.4, -0.2) is 10.8 Å². The molecule has 0 unspecified atom stereocenters. The molecule has 2 aromatic rings. The minimum absolute atomic E-state index is 0.114. The number of nitrogens with one attached hydrogen (secondary N) is 1. The molecule has 25 heavy (non-hydrogen) atoms. The number of pyridine rings is 1. The lowest BCUT2D eigenvalue weighted by molar-refractivity contribution is -0.711. The summed E-state index contributed by atoms with van der Waals surface area (Å²) >= 11 is 4.19. The van der Waals surface area contributed by atoms with Crippen molar-refractivity contribution in [3.05, 3.63) is 81.1 Å². The molecule has 1 aliphatic rings. The van der Waals surface area contributed by atoms with Gasteiger partial charge in [-0.2, -0.15) is 9.83 Å². The average molecular weight is 353 g/mol. The zero-order valence-electron chi connectivity index (χ0n) is 12.9. The molecule has 3 rings (SSSR count). The van der Waals surface area contributed by atoms with Crippen LogP contribution >= 0.6 is 12.6 Å². The Hall–Kier alpha value is -3.18. The van der Waals surface area contributed by atoms with Crippen LogP contribution in [0.25, 0.3) is 0 Å². The molecule has 0 spiro atoms. The van der Waals surface area contributed by atoms with Crippen molar-refractivity contribution in [1.82, 2.24) is 5.32 Å². The summed E-state index contributed by atoms with van der Waals surface area (Å²) in [5.74, 6) is -1.20. The van der Waals surface area contributed by atoms with Gasteiger partial charge in [0.1, 0.15) is 0 Å².